The molecule has 0 aliphatic carbocycles. The molecule has 0 saturated carbocycles. The monoisotopic (exact) mass is 528 g/mol. The highest BCUT2D eigenvalue weighted by molar-refractivity contribution is 14.0. The number of carbonyl (C=O) groups excluding carboxylic acids is 1. The Kier molecular flexibility index (Phi) is 10.3. The Balaban J connectivity index is 0.00000300. The third-order valence-electron chi connectivity index (χ3n) is 4.67. The fourth-order valence-corrected chi connectivity index (χ4v) is 3.83. The average Bonchev–Trinajstić information content (AvgIpc) is 3.27. The number of guanidine groups is 1. The van der Waals surface area contributed by atoms with Crippen molar-refractivity contribution in [2.45, 2.75) is 25.4 Å². The van der Waals surface area contributed by atoms with Gasteiger partial charge in [0.2, 0.25) is 0 Å². The molecular formula is C21H29IN4O2S. The number of ether oxygens (including phenoxy) is 1. The van der Waals surface area contributed by atoms with Gasteiger partial charge in [-0.2, -0.15) is 0 Å². The summed E-state index contributed by atoms with van der Waals surface area (Å²) >= 11 is 1.46. The van der Waals surface area contributed by atoms with Crippen LogP contribution in [0, 0.1) is 0 Å². The molecule has 1 aliphatic heterocycles. The zero-order valence-electron chi connectivity index (χ0n) is 16.7. The SMILES string of the molecule is CN=C(NCCCNC(=O)c1cccs1)N1CCC(Oc2ccccc2)CC1.I. The Morgan fingerprint density at radius 2 is 1.86 bits per heavy atom. The zero-order chi connectivity index (χ0) is 19.6. The molecule has 3 rings (SSSR count). The lowest BCUT2D eigenvalue weighted by Gasteiger charge is -2.34. The second-order valence-electron chi connectivity index (χ2n) is 6.68. The largest absolute Gasteiger partial charge is 0.490 e. The topological polar surface area (TPSA) is 66.0 Å². The van der Waals surface area contributed by atoms with Gasteiger partial charge in [-0.1, -0.05) is 24.3 Å². The Hall–Kier alpha value is -1.81. The number of hydrogen-bond donors (Lipinski definition) is 2. The highest BCUT2D eigenvalue weighted by Gasteiger charge is 2.22. The number of halogens is 1. The molecule has 1 aromatic carbocycles. The predicted molar refractivity (Wildman–Crippen MR) is 130 cm³/mol. The van der Waals surface area contributed by atoms with Crippen molar-refractivity contribution in [1.82, 2.24) is 15.5 Å². The minimum absolute atomic E-state index is 0. The number of nitrogens with one attached hydrogen (secondary N) is 2. The fraction of sp³-hybridized carbons (Fsp3) is 0.429. The Labute approximate surface area is 193 Å². The summed E-state index contributed by atoms with van der Waals surface area (Å²) in [6.45, 7) is 3.27. The summed E-state index contributed by atoms with van der Waals surface area (Å²) in [4.78, 5) is 19.3. The molecule has 0 atom stereocenters. The molecule has 0 bridgehead atoms. The van der Waals surface area contributed by atoms with Gasteiger partial charge < -0.3 is 20.3 Å². The van der Waals surface area contributed by atoms with Crippen molar-refractivity contribution in [3.63, 3.8) is 0 Å². The molecule has 1 amide bonds. The van der Waals surface area contributed by atoms with Crippen molar-refractivity contribution in [2.75, 3.05) is 33.2 Å². The van der Waals surface area contributed by atoms with Crippen LogP contribution in [0.15, 0.2) is 52.8 Å². The molecule has 1 aromatic heterocycles. The molecule has 6 nitrogen and oxygen atoms in total. The van der Waals surface area contributed by atoms with E-state index >= 15 is 0 Å². The van der Waals surface area contributed by atoms with E-state index in [1.165, 1.54) is 11.3 Å². The standard InChI is InChI=1S/C21H28N4O2S.HI/c1-22-21(24-13-6-12-23-20(26)19-9-5-16-28-19)25-14-10-18(11-15-25)27-17-7-3-2-4-8-17;/h2-5,7-9,16,18H,6,10-15H2,1H3,(H,22,24)(H,23,26);1H. The molecule has 0 spiro atoms. The van der Waals surface area contributed by atoms with Crippen LogP contribution in [0.25, 0.3) is 0 Å². The van der Waals surface area contributed by atoms with Crippen molar-refractivity contribution < 1.29 is 9.53 Å². The van der Waals surface area contributed by atoms with Crippen LogP contribution in [0.5, 0.6) is 5.75 Å². The van der Waals surface area contributed by atoms with Gasteiger partial charge in [0.25, 0.3) is 5.91 Å². The van der Waals surface area contributed by atoms with Gasteiger partial charge in [-0.3, -0.25) is 9.79 Å². The fourth-order valence-electron chi connectivity index (χ4n) is 3.19. The van der Waals surface area contributed by atoms with E-state index in [2.05, 4.69) is 20.5 Å². The summed E-state index contributed by atoms with van der Waals surface area (Å²) in [6.07, 6.45) is 3.06. The molecule has 1 fully saturated rings. The zero-order valence-corrected chi connectivity index (χ0v) is 19.8. The number of carbonyl (C=O) groups is 1. The molecule has 1 saturated heterocycles. The lowest BCUT2D eigenvalue weighted by molar-refractivity contribution is 0.0957. The number of rotatable bonds is 7. The predicted octanol–water partition coefficient (Wildman–Crippen LogP) is 3.60. The van der Waals surface area contributed by atoms with E-state index < -0.39 is 0 Å². The number of thiophene rings is 1. The number of aliphatic imine (C=N–C) groups is 1. The van der Waals surface area contributed by atoms with Gasteiger partial charge in [-0.05, 0) is 30.0 Å². The molecule has 158 valence electrons. The van der Waals surface area contributed by atoms with Gasteiger partial charge in [-0.25, -0.2) is 0 Å². The van der Waals surface area contributed by atoms with E-state index in [0.717, 1.165) is 55.5 Å². The summed E-state index contributed by atoms with van der Waals surface area (Å²) in [5.74, 6) is 1.86. The third-order valence-corrected chi connectivity index (χ3v) is 5.54. The minimum atomic E-state index is -0.000120. The first-order valence-electron chi connectivity index (χ1n) is 9.75. The number of para-hydroxylation sites is 1. The summed E-state index contributed by atoms with van der Waals surface area (Å²) in [6, 6.07) is 13.7. The van der Waals surface area contributed by atoms with E-state index in [9.17, 15) is 4.79 Å². The number of amides is 1. The lowest BCUT2D eigenvalue weighted by Crippen LogP contribution is -2.47. The van der Waals surface area contributed by atoms with E-state index in [0.29, 0.717) is 6.54 Å². The molecular weight excluding hydrogens is 499 g/mol. The number of nitrogens with zero attached hydrogens (tertiary/aromatic N) is 2. The summed E-state index contributed by atoms with van der Waals surface area (Å²) in [7, 11) is 1.81. The van der Waals surface area contributed by atoms with Crippen LogP contribution in [0.1, 0.15) is 28.9 Å². The van der Waals surface area contributed by atoms with Crippen molar-refractivity contribution >= 4 is 47.2 Å². The molecule has 2 N–H and O–H groups in total. The summed E-state index contributed by atoms with van der Waals surface area (Å²) in [5, 5.41) is 8.26. The van der Waals surface area contributed by atoms with E-state index in [-0.39, 0.29) is 36.0 Å². The van der Waals surface area contributed by atoms with Gasteiger partial charge >= 0.3 is 0 Å². The maximum absolute atomic E-state index is 11.9. The van der Waals surface area contributed by atoms with Gasteiger partial charge in [0.05, 0.1) is 4.88 Å². The van der Waals surface area contributed by atoms with Crippen molar-refractivity contribution in [3.05, 3.63) is 52.7 Å². The van der Waals surface area contributed by atoms with Crippen LogP contribution < -0.4 is 15.4 Å². The highest BCUT2D eigenvalue weighted by Crippen LogP contribution is 2.18. The number of hydrogen-bond acceptors (Lipinski definition) is 4. The number of piperidine rings is 1. The Bertz CT molecular complexity index is 747. The Morgan fingerprint density at radius 1 is 1.14 bits per heavy atom. The van der Waals surface area contributed by atoms with Crippen LogP contribution in [0.3, 0.4) is 0 Å². The first kappa shape index (κ1) is 23.5. The Morgan fingerprint density at radius 3 is 2.52 bits per heavy atom. The van der Waals surface area contributed by atoms with Crippen LogP contribution in [-0.4, -0.2) is 56.1 Å². The summed E-state index contributed by atoms with van der Waals surface area (Å²) < 4.78 is 6.06. The van der Waals surface area contributed by atoms with Gasteiger partial charge in [-0.15, -0.1) is 35.3 Å². The van der Waals surface area contributed by atoms with Crippen LogP contribution in [-0.2, 0) is 0 Å². The molecule has 0 unspecified atom stereocenters. The second kappa shape index (κ2) is 12.7. The number of benzene rings is 1. The number of likely N-dealkylation sites (tertiary alicyclic amines) is 1. The van der Waals surface area contributed by atoms with Crippen molar-refractivity contribution in [3.8, 4) is 5.75 Å². The second-order valence-corrected chi connectivity index (χ2v) is 7.63. The third kappa shape index (κ3) is 7.50. The smallest absolute Gasteiger partial charge is 0.261 e. The quantitative estimate of drug-likeness (QED) is 0.250. The van der Waals surface area contributed by atoms with Gasteiger partial charge in [0.15, 0.2) is 5.96 Å². The normalized spacial score (nSPS) is 14.8. The summed E-state index contributed by atoms with van der Waals surface area (Å²) in [5.41, 5.74) is 0. The maximum atomic E-state index is 11.9. The molecule has 2 aromatic rings. The first-order chi connectivity index (χ1) is 13.8. The first-order valence-corrected chi connectivity index (χ1v) is 10.6. The lowest BCUT2D eigenvalue weighted by atomic mass is 10.1. The van der Waals surface area contributed by atoms with Crippen LogP contribution in [0.2, 0.25) is 0 Å². The maximum Gasteiger partial charge on any atom is 0.261 e. The van der Waals surface area contributed by atoms with Crippen molar-refractivity contribution in [2.24, 2.45) is 4.99 Å². The van der Waals surface area contributed by atoms with E-state index in [1.807, 2.05) is 54.9 Å². The molecule has 29 heavy (non-hydrogen) atoms. The van der Waals surface area contributed by atoms with Crippen LogP contribution in [0.4, 0.5) is 0 Å². The average molecular weight is 528 g/mol. The minimum Gasteiger partial charge on any atom is -0.490 e. The molecule has 8 heteroatoms. The van der Waals surface area contributed by atoms with Crippen molar-refractivity contribution in [1.29, 1.82) is 0 Å². The molecule has 0 radical (unpaired) electrons. The van der Waals surface area contributed by atoms with E-state index in [4.69, 9.17) is 4.74 Å². The van der Waals surface area contributed by atoms with Gasteiger partial charge in [0, 0.05) is 46.1 Å². The van der Waals surface area contributed by atoms with Crippen LogP contribution >= 0.6 is 35.3 Å². The molecule has 2 heterocycles. The highest BCUT2D eigenvalue weighted by atomic mass is 127. The van der Waals surface area contributed by atoms with E-state index in [1.54, 1.807) is 0 Å². The molecule has 1 aliphatic rings. The van der Waals surface area contributed by atoms with Gasteiger partial charge in [0.1, 0.15) is 11.9 Å².